The molecular weight excluding hydrogens is 434 g/mol. The van der Waals surface area contributed by atoms with Crippen molar-refractivity contribution in [3.8, 4) is 34.3 Å². The van der Waals surface area contributed by atoms with Crippen LogP contribution in [0, 0.1) is 0 Å². The topological polar surface area (TPSA) is 56.3 Å². The number of hydrogen-bond acceptors (Lipinski definition) is 5. The average Bonchev–Trinajstić information content (AvgIpc) is 3.09. The zero-order chi connectivity index (χ0) is 23.5. The standard InChI is InChI=1S/C30H21N3O2/c1-2-17-31-28(14-1)35-26-12-5-11-25(20-26)34-24-10-3-8-23(19-24)27-13-4-7-21-15-16-22-9-6-18-32-30(22)33-29(21)27/h1-20H,(H,32,33). The lowest BCUT2D eigenvalue weighted by atomic mass is 9.99. The molecule has 5 heteroatoms. The molecule has 1 aliphatic rings. The monoisotopic (exact) mass is 455 g/mol. The molecule has 2 aromatic heterocycles. The summed E-state index contributed by atoms with van der Waals surface area (Å²) in [6, 6.07) is 31.4. The maximum atomic E-state index is 6.20. The van der Waals surface area contributed by atoms with Gasteiger partial charge in [-0.2, -0.15) is 0 Å². The number of aromatic nitrogens is 2. The van der Waals surface area contributed by atoms with Crippen LogP contribution in [0.2, 0.25) is 0 Å². The highest BCUT2D eigenvalue weighted by molar-refractivity contribution is 5.93. The van der Waals surface area contributed by atoms with Crippen LogP contribution in [0.5, 0.6) is 23.1 Å². The van der Waals surface area contributed by atoms with Crippen LogP contribution >= 0.6 is 0 Å². The third-order valence-corrected chi connectivity index (χ3v) is 5.67. The lowest BCUT2D eigenvalue weighted by Gasteiger charge is -2.15. The highest BCUT2D eigenvalue weighted by Gasteiger charge is 2.14. The third-order valence-electron chi connectivity index (χ3n) is 5.67. The van der Waals surface area contributed by atoms with E-state index < -0.39 is 0 Å². The van der Waals surface area contributed by atoms with Gasteiger partial charge in [-0.05, 0) is 53.6 Å². The third kappa shape index (κ3) is 4.48. The number of nitrogens with zero attached hydrogens (tertiary/aromatic N) is 2. The second-order valence-electron chi connectivity index (χ2n) is 8.04. The Labute approximate surface area is 203 Å². The maximum absolute atomic E-state index is 6.20. The van der Waals surface area contributed by atoms with Crippen molar-refractivity contribution in [2.45, 2.75) is 0 Å². The second kappa shape index (κ2) is 9.15. The summed E-state index contributed by atoms with van der Waals surface area (Å²) in [5.74, 6) is 3.45. The lowest BCUT2D eigenvalue weighted by molar-refractivity contribution is 0.449. The van der Waals surface area contributed by atoms with Crippen LogP contribution in [0.15, 0.2) is 109 Å². The van der Waals surface area contributed by atoms with Crippen LogP contribution in [-0.4, -0.2) is 9.97 Å². The quantitative estimate of drug-likeness (QED) is 0.286. The zero-order valence-electron chi connectivity index (χ0n) is 18.8. The number of hydrogen-bond donors (Lipinski definition) is 1. The first-order chi connectivity index (χ1) is 17.3. The summed E-state index contributed by atoms with van der Waals surface area (Å²) in [4.78, 5) is 8.73. The predicted molar refractivity (Wildman–Crippen MR) is 139 cm³/mol. The molecule has 0 saturated heterocycles. The SMILES string of the molecule is C1=Cc2cccc(-c3cccc(Oc4cccc(Oc5ccccn5)c4)c3)c2Nc2ncccc21. The summed E-state index contributed by atoms with van der Waals surface area (Å²) in [6.07, 6.45) is 7.70. The molecule has 0 radical (unpaired) electrons. The molecule has 0 atom stereocenters. The zero-order valence-corrected chi connectivity index (χ0v) is 18.8. The molecule has 0 fully saturated rings. The average molecular weight is 456 g/mol. The fraction of sp³-hybridized carbons (Fsp3) is 0. The van der Waals surface area contributed by atoms with E-state index in [1.54, 1.807) is 12.4 Å². The van der Waals surface area contributed by atoms with Gasteiger partial charge in [-0.25, -0.2) is 9.97 Å². The van der Waals surface area contributed by atoms with Crippen molar-refractivity contribution < 1.29 is 9.47 Å². The summed E-state index contributed by atoms with van der Waals surface area (Å²) in [7, 11) is 0. The Morgan fingerprint density at radius 3 is 2.20 bits per heavy atom. The number of benzene rings is 3. The molecule has 0 aliphatic carbocycles. The van der Waals surface area contributed by atoms with E-state index in [-0.39, 0.29) is 0 Å². The van der Waals surface area contributed by atoms with Crippen LogP contribution in [0.25, 0.3) is 23.3 Å². The summed E-state index contributed by atoms with van der Waals surface area (Å²) in [6.45, 7) is 0. The van der Waals surface area contributed by atoms with Gasteiger partial charge in [0.05, 0.1) is 5.69 Å². The molecule has 3 aromatic carbocycles. The number of ether oxygens (including phenoxy) is 2. The Hall–Kier alpha value is -4.90. The van der Waals surface area contributed by atoms with Gasteiger partial charge in [0.25, 0.3) is 0 Å². The van der Waals surface area contributed by atoms with E-state index >= 15 is 0 Å². The van der Waals surface area contributed by atoms with Crippen LogP contribution in [0.3, 0.4) is 0 Å². The van der Waals surface area contributed by atoms with E-state index in [0.717, 1.165) is 39.5 Å². The highest BCUT2D eigenvalue weighted by Crippen LogP contribution is 2.38. The first-order valence-electron chi connectivity index (χ1n) is 11.3. The molecular formula is C30H21N3O2. The number of fused-ring (bicyclic) bond motifs is 2. The number of para-hydroxylation sites is 1. The first kappa shape index (κ1) is 20.7. The van der Waals surface area contributed by atoms with Gasteiger partial charge in [0.1, 0.15) is 23.1 Å². The van der Waals surface area contributed by atoms with Gasteiger partial charge in [-0.15, -0.1) is 0 Å². The van der Waals surface area contributed by atoms with Crippen LogP contribution in [-0.2, 0) is 0 Å². The molecule has 168 valence electrons. The molecule has 1 aliphatic heterocycles. The fourth-order valence-electron chi connectivity index (χ4n) is 4.04. The van der Waals surface area contributed by atoms with Crippen LogP contribution < -0.4 is 14.8 Å². The van der Waals surface area contributed by atoms with Crippen molar-refractivity contribution in [2.75, 3.05) is 5.32 Å². The molecule has 5 nitrogen and oxygen atoms in total. The van der Waals surface area contributed by atoms with E-state index in [1.807, 2.05) is 66.7 Å². The highest BCUT2D eigenvalue weighted by atomic mass is 16.5. The van der Waals surface area contributed by atoms with Crippen LogP contribution in [0.1, 0.15) is 11.1 Å². The molecule has 0 bridgehead atoms. The molecule has 0 spiro atoms. The van der Waals surface area contributed by atoms with Gasteiger partial charge < -0.3 is 14.8 Å². The van der Waals surface area contributed by atoms with E-state index in [1.165, 1.54) is 0 Å². The minimum atomic E-state index is 0.536. The number of rotatable bonds is 5. The molecule has 0 saturated carbocycles. The van der Waals surface area contributed by atoms with Gasteiger partial charge >= 0.3 is 0 Å². The number of nitrogens with one attached hydrogen (secondary N) is 1. The first-order valence-corrected chi connectivity index (χ1v) is 11.3. The summed E-state index contributed by atoms with van der Waals surface area (Å²) < 4.78 is 12.0. The minimum Gasteiger partial charge on any atom is -0.457 e. The molecule has 0 unspecified atom stereocenters. The summed E-state index contributed by atoms with van der Waals surface area (Å²) >= 11 is 0. The van der Waals surface area contributed by atoms with Crippen molar-refractivity contribution in [1.29, 1.82) is 0 Å². The Kier molecular flexibility index (Phi) is 5.41. The normalized spacial score (nSPS) is 11.5. The van der Waals surface area contributed by atoms with Gasteiger partial charge in [-0.3, -0.25) is 0 Å². The van der Waals surface area contributed by atoms with E-state index in [9.17, 15) is 0 Å². The fourth-order valence-corrected chi connectivity index (χ4v) is 4.04. The molecule has 35 heavy (non-hydrogen) atoms. The second-order valence-corrected chi connectivity index (χ2v) is 8.04. The Balaban J connectivity index is 1.29. The molecule has 0 amide bonds. The Morgan fingerprint density at radius 1 is 0.571 bits per heavy atom. The molecule has 5 aromatic rings. The van der Waals surface area contributed by atoms with Crippen LogP contribution in [0.4, 0.5) is 11.5 Å². The van der Waals surface area contributed by atoms with Crippen molar-refractivity contribution in [3.63, 3.8) is 0 Å². The smallest absolute Gasteiger partial charge is 0.219 e. The van der Waals surface area contributed by atoms with E-state index in [2.05, 4.69) is 57.8 Å². The van der Waals surface area contributed by atoms with Gasteiger partial charge in [-0.1, -0.05) is 54.6 Å². The molecule has 6 rings (SSSR count). The summed E-state index contributed by atoms with van der Waals surface area (Å²) in [5.41, 5.74) is 5.29. The van der Waals surface area contributed by atoms with Crippen molar-refractivity contribution in [2.24, 2.45) is 0 Å². The summed E-state index contributed by atoms with van der Waals surface area (Å²) in [5, 5.41) is 3.53. The van der Waals surface area contributed by atoms with Crippen molar-refractivity contribution in [1.82, 2.24) is 9.97 Å². The van der Waals surface area contributed by atoms with Gasteiger partial charge in [0.15, 0.2) is 0 Å². The van der Waals surface area contributed by atoms with E-state index in [4.69, 9.17) is 9.47 Å². The molecule has 1 N–H and O–H groups in total. The minimum absolute atomic E-state index is 0.536. The Bertz CT molecular complexity index is 1530. The van der Waals surface area contributed by atoms with Crippen molar-refractivity contribution in [3.05, 3.63) is 121 Å². The van der Waals surface area contributed by atoms with E-state index in [0.29, 0.717) is 17.4 Å². The predicted octanol–water partition coefficient (Wildman–Crippen LogP) is 7.96. The largest absolute Gasteiger partial charge is 0.457 e. The van der Waals surface area contributed by atoms with Gasteiger partial charge in [0.2, 0.25) is 5.88 Å². The number of anilines is 2. The number of pyridine rings is 2. The van der Waals surface area contributed by atoms with Gasteiger partial charge in [0, 0.05) is 35.7 Å². The maximum Gasteiger partial charge on any atom is 0.219 e. The van der Waals surface area contributed by atoms with Crippen molar-refractivity contribution >= 4 is 23.7 Å². The molecule has 3 heterocycles. The lowest BCUT2D eigenvalue weighted by Crippen LogP contribution is -1.98. The Morgan fingerprint density at radius 2 is 1.31 bits per heavy atom.